The van der Waals surface area contributed by atoms with Gasteiger partial charge in [-0.2, -0.15) is 0 Å². The molecule has 0 fully saturated rings. The Kier molecular flexibility index (Phi) is 5.40. The van der Waals surface area contributed by atoms with E-state index in [1.165, 1.54) is 0 Å². The van der Waals surface area contributed by atoms with E-state index in [1.807, 2.05) is 39.8 Å². The summed E-state index contributed by atoms with van der Waals surface area (Å²) in [5.74, 6) is 0.102. The molecule has 0 atom stereocenters. The van der Waals surface area contributed by atoms with Gasteiger partial charge in [-0.25, -0.2) is 0 Å². The van der Waals surface area contributed by atoms with Crippen LogP contribution in [0.4, 0.5) is 0 Å². The molecule has 3 nitrogen and oxygen atoms in total. The molecule has 1 N–H and O–H groups in total. The van der Waals surface area contributed by atoms with Crippen molar-refractivity contribution in [3.63, 3.8) is 0 Å². The number of hydrogen-bond donors (Lipinski definition) is 1. The summed E-state index contributed by atoms with van der Waals surface area (Å²) in [5.41, 5.74) is 1.66. The fourth-order valence-corrected chi connectivity index (χ4v) is 2.39. The van der Waals surface area contributed by atoms with E-state index in [-0.39, 0.29) is 0 Å². The van der Waals surface area contributed by atoms with Crippen LogP contribution in [0.5, 0.6) is 5.75 Å². The molecule has 0 aliphatic carbocycles. The molecule has 0 bridgehead atoms. The summed E-state index contributed by atoms with van der Waals surface area (Å²) in [6.07, 6.45) is 1.81. The van der Waals surface area contributed by atoms with Gasteiger partial charge in [-0.3, -0.25) is 4.79 Å². The molecule has 0 radical (unpaired) electrons. The average Bonchev–Trinajstić information content (AvgIpc) is 2.33. The second-order valence-corrected chi connectivity index (χ2v) is 5.21. The first kappa shape index (κ1) is 15.5. The quantitative estimate of drug-likeness (QED) is 0.810. The topological polar surface area (TPSA) is 46.5 Å². The Labute approximate surface area is 115 Å². The summed E-state index contributed by atoms with van der Waals surface area (Å²) < 4.78 is 5.71. The van der Waals surface area contributed by atoms with Gasteiger partial charge in [0.2, 0.25) is 0 Å². The van der Waals surface area contributed by atoms with Crippen molar-refractivity contribution in [2.45, 2.75) is 47.0 Å². The van der Waals surface area contributed by atoms with Crippen LogP contribution in [-0.4, -0.2) is 17.7 Å². The van der Waals surface area contributed by atoms with Crippen molar-refractivity contribution >= 4 is 5.97 Å². The third kappa shape index (κ3) is 3.98. The lowest BCUT2D eigenvalue weighted by Crippen LogP contribution is -2.31. The minimum Gasteiger partial charge on any atom is -0.494 e. The number of carbonyl (C=O) groups is 1. The van der Waals surface area contributed by atoms with Gasteiger partial charge in [0.25, 0.3) is 0 Å². The zero-order valence-corrected chi connectivity index (χ0v) is 12.3. The molecule has 0 saturated heterocycles. The Hall–Kier alpha value is -1.51. The number of carboxylic acid groups (broad SMARTS) is 1. The van der Waals surface area contributed by atoms with E-state index in [1.54, 1.807) is 0 Å². The van der Waals surface area contributed by atoms with Crippen molar-refractivity contribution in [1.29, 1.82) is 0 Å². The fourth-order valence-electron chi connectivity index (χ4n) is 2.39. The first-order valence-electron chi connectivity index (χ1n) is 6.88. The highest BCUT2D eigenvalue weighted by atomic mass is 16.5. The number of benzene rings is 1. The molecule has 0 aliphatic rings. The SMILES string of the molecule is CCC(CC)(CCOc1cc(C)cc(C)c1)C(=O)O. The van der Waals surface area contributed by atoms with Crippen LogP contribution < -0.4 is 4.74 Å². The summed E-state index contributed by atoms with van der Waals surface area (Å²) in [4.78, 5) is 11.4. The molecule has 1 aromatic carbocycles. The van der Waals surface area contributed by atoms with Gasteiger partial charge in [0.15, 0.2) is 0 Å². The van der Waals surface area contributed by atoms with E-state index in [0.717, 1.165) is 16.9 Å². The second-order valence-electron chi connectivity index (χ2n) is 5.21. The Balaban J connectivity index is 2.64. The van der Waals surface area contributed by atoms with Crippen LogP contribution in [-0.2, 0) is 4.79 Å². The molecule has 0 amide bonds. The largest absolute Gasteiger partial charge is 0.494 e. The lowest BCUT2D eigenvalue weighted by atomic mass is 9.79. The maximum Gasteiger partial charge on any atom is 0.309 e. The molecule has 0 spiro atoms. The summed E-state index contributed by atoms with van der Waals surface area (Å²) in [6, 6.07) is 6.05. The normalized spacial score (nSPS) is 11.4. The van der Waals surface area contributed by atoms with Crippen LogP contribution in [0.25, 0.3) is 0 Å². The van der Waals surface area contributed by atoms with Gasteiger partial charge >= 0.3 is 5.97 Å². The Morgan fingerprint density at radius 2 is 1.68 bits per heavy atom. The van der Waals surface area contributed by atoms with Gasteiger partial charge in [0, 0.05) is 0 Å². The standard InChI is InChI=1S/C16H24O3/c1-5-16(6-2,15(17)18)7-8-19-14-10-12(3)9-13(4)11-14/h9-11H,5-8H2,1-4H3,(H,17,18). The molecule has 19 heavy (non-hydrogen) atoms. The van der Waals surface area contributed by atoms with Crippen molar-refractivity contribution in [2.75, 3.05) is 6.61 Å². The van der Waals surface area contributed by atoms with Crippen molar-refractivity contribution in [2.24, 2.45) is 5.41 Å². The molecule has 0 unspecified atom stereocenters. The number of hydrogen-bond acceptors (Lipinski definition) is 2. The maximum absolute atomic E-state index is 11.4. The molecule has 0 aromatic heterocycles. The van der Waals surface area contributed by atoms with E-state index in [4.69, 9.17) is 4.74 Å². The predicted octanol–water partition coefficient (Wildman–Crippen LogP) is 3.96. The maximum atomic E-state index is 11.4. The highest BCUT2D eigenvalue weighted by Gasteiger charge is 2.34. The monoisotopic (exact) mass is 264 g/mol. The number of aliphatic carboxylic acids is 1. The average molecular weight is 264 g/mol. The van der Waals surface area contributed by atoms with E-state index >= 15 is 0 Å². The lowest BCUT2D eigenvalue weighted by molar-refractivity contribution is -0.150. The molecule has 1 rings (SSSR count). The van der Waals surface area contributed by atoms with Crippen LogP contribution in [0.15, 0.2) is 18.2 Å². The van der Waals surface area contributed by atoms with Gasteiger partial charge in [0.05, 0.1) is 12.0 Å². The second kappa shape index (κ2) is 6.60. The Bertz CT molecular complexity index is 413. The number of rotatable bonds is 7. The van der Waals surface area contributed by atoms with Crippen molar-refractivity contribution in [1.82, 2.24) is 0 Å². The molecule has 3 heteroatoms. The van der Waals surface area contributed by atoms with Crippen LogP contribution in [0.3, 0.4) is 0 Å². The van der Waals surface area contributed by atoms with Gasteiger partial charge in [-0.1, -0.05) is 19.9 Å². The van der Waals surface area contributed by atoms with E-state index in [0.29, 0.717) is 25.9 Å². The lowest BCUT2D eigenvalue weighted by Gasteiger charge is -2.26. The van der Waals surface area contributed by atoms with E-state index in [9.17, 15) is 9.90 Å². The van der Waals surface area contributed by atoms with Gasteiger partial charge in [-0.05, 0) is 56.4 Å². The molecular formula is C16H24O3. The smallest absolute Gasteiger partial charge is 0.309 e. The number of ether oxygens (including phenoxy) is 1. The highest BCUT2D eigenvalue weighted by molar-refractivity contribution is 5.74. The predicted molar refractivity (Wildman–Crippen MR) is 76.7 cm³/mol. The minimum absolute atomic E-state index is 0.441. The van der Waals surface area contributed by atoms with E-state index < -0.39 is 11.4 Å². The number of aryl methyl sites for hydroxylation is 2. The Morgan fingerprint density at radius 1 is 1.16 bits per heavy atom. The fraction of sp³-hybridized carbons (Fsp3) is 0.562. The summed E-state index contributed by atoms with van der Waals surface area (Å²) in [7, 11) is 0. The Morgan fingerprint density at radius 3 is 2.11 bits per heavy atom. The molecule has 1 aromatic rings. The summed E-state index contributed by atoms with van der Waals surface area (Å²) >= 11 is 0. The molecule has 0 heterocycles. The molecular weight excluding hydrogens is 240 g/mol. The van der Waals surface area contributed by atoms with E-state index in [2.05, 4.69) is 6.07 Å². The molecule has 0 saturated carbocycles. The van der Waals surface area contributed by atoms with Crippen LogP contribution in [0.2, 0.25) is 0 Å². The summed E-state index contributed by atoms with van der Waals surface area (Å²) in [5, 5.41) is 9.35. The highest BCUT2D eigenvalue weighted by Crippen LogP contribution is 2.31. The first-order chi connectivity index (χ1) is 8.93. The van der Waals surface area contributed by atoms with Crippen LogP contribution in [0, 0.1) is 19.3 Å². The van der Waals surface area contributed by atoms with Gasteiger partial charge in [0.1, 0.15) is 5.75 Å². The summed E-state index contributed by atoms with van der Waals surface area (Å²) in [6.45, 7) is 8.35. The third-order valence-corrected chi connectivity index (χ3v) is 3.85. The minimum atomic E-state index is -0.721. The van der Waals surface area contributed by atoms with Crippen LogP contribution >= 0.6 is 0 Å². The van der Waals surface area contributed by atoms with Crippen LogP contribution in [0.1, 0.15) is 44.2 Å². The van der Waals surface area contributed by atoms with Crippen molar-refractivity contribution < 1.29 is 14.6 Å². The van der Waals surface area contributed by atoms with Gasteiger partial charge < -0.3 is 9.84 Å². The van der Waals surface area contributed by atoms with Crippen molar-refractivity contribution in [3.8, 4) is 5.75 Å². The number of carboxylic acids is 1. The molecule has 0 aliphatic heterocycles. The zero-order chi connectivity index (χ0) is 14.5. The van der Waals surface area contributed by atoms with Gasteiger partial charge in [-0.15, -0.1) is 0 Å². The third-order valence-electron chi connectivity index (χ3n) is 3.85. The zero-order valence-electron chi connectivity index (χ0n) is 12.3. The van der Waals surface area contributed by atoms with Crippen molar-refractivity contribution in [3.05, 3.63) is 29.3 Å². The first-order valence-corrected chi connectivity index (χ1v) is 6.88. The molecule has 106 valence electrons.